The molecule has 0 aliphatic carbocycles. The molecular formula is C12H19N5O2S. The molecule has 2 N–H and O–H groups in total. The molecule has 0 aliphatic heterocycles. The number of aromatic nitrogens is 4. The third-order valence-corrected chi connectivity index (χ3v) is 4.17. The van der Waals surface area contributed by atoms with Crippen LogP contribution < -0.4 is 4.72 Å². The summed E-state index contributed by atoms with van der Waals surface area (Å²) in [6.07, 6.45) is 3.23. The van der Waals surface area contributed by atoms with E-state index in [1.807, 2.05) is 18.4 Å². The molecule has 0 bridgehead atoms. The average molecular weight is 297 g/mol. The van der Waals surface area contributed by atoms with Gasteiger partial charge in [0.2, 0.25) is 0 Å². The molecule has 2 heterocycles. The molecule has 8 heteroatoms. The van der Waals surface area contributed by atoms with E-state index in [0.29, 0.717) is 5.82 Å². The molecule has 110 valence electrons. The minimum absolute atomic E-state index is 0.0181. The van der Waals surface area contributed by atoms with Gasteiger partial charge in [0.25, 0.3) is 10.0 Å². The first-order valence-corrected chi connectivity index (χ1v) is 8.05. The van der Waals surface area contributed by atoms with Gasteiger partial charge in [-0.15, -0.1) is 0 Å². The molecule has 0 aromatic carbocycles. The lowest BCUT2D eigenvalue weighted by molar-refractivity contribution is 0.597. The molecular weight excluding hydrogens is 278 g/mol. The number of nitrogens with one attached hydrogen (secondary N) is 2. The Morgan fingerprint density at radius 3 is 2.75 bits per heavy atom. The molecule has 2 aromatic rings. The summed E-state index contributed by atoms with van der Waals surface area (Å²) in [6, 6.07) is 1.67. The van der Waals surface area contributed by atoms with E-state index in [-0.39, 0.29) is 10.8 Å². The zero-order valence-electron chi connectivity index (χ0n) is 11.8. The molecule has 20 heavy (non-hydrogen) atoms. The SMILES string of the molecule is CCCn1cc(S(=O)(=O)Nc2cc(CC)[nH]n2)nc1C. The lowest BCUT2D eigenvalue weighted by atomic mass is 10.3. The fourth-order valence-corrected chi connectivity index (χ4v) is 2.86. The van der Waals surface area contributed by atoms with Crippen molar-refractivity contribution >= 4 is 15.8 Å². The van der Waals surface area contributed by atoms with Crippen LogP contribution >= 0.6 is 0 Å². The smallest absolute Gasteiger partial charge is 0.282 e. The van der Waals surface area contributed by atoms with E-state index in [4.69, 9.17) is 0 Å². The molecule has 0 fully saturated rings. The molecule has 0 spiro atoms. The van der Waals surface area contributed by atoms with Crippen LogP contribution in [-0.2, 0) is 23.0 Å². The highest BCUT2D eigenvalue weighted by molar-refractivity contribution is 7.92. The van der Waals surface area contributed by atoms with Gasteiger partial charge in [0.05, 0.1) is 0 Å². The van der Waals surface area contributed by atoms with E-state index < -0.39 is 10.0 Å². The van der Waals surface area contributed by atoms with Crippen molar-refractivity contribution in [2.75, 3.05) is 4.72 Å². The van der Waals surface area contributed by atoms with Gasteiger partial charge in [0, 0.05) is 24.5 Å². The monoisotopic (exact) mass is 297 g/mol. The number of anilines is 1. The Morgan fingerprint density at radius 1 is 1.40 bits per heavy atom. The van der Waals surface area contributed by atoms with Crippen LogP contribution in [-0.4, -0.2) is 28.2 Å². The Morgan fingerprint density at radius 2 is 2.15 bits per heavy atom. The summed E-state index contributed by atoms with van der Waals surface area (Å²) in [7, 11) is -3.69. The van der Waals surface area contributed by atoms with E-state index in [1.165, 1.54) is 0 Å². The van der Waals surface area contributed by atoms with Gasteiger partial charge < -0.3 is 4.57 Å². The molecule has 2 aromatic heterocycles. The fourth-order valence-electron chi connectivity index (χ4n) is 1.86. The maximum atomic E-state index is 12.2. The third-order valence-electron chi connectivity index (χ3n) is 2.94. The fraction of sp³-hybridized carbons (Fsp3) is 0.500. The van der Waals surface area contributed by atoms with E-state index in [0.717, 1.165) is 25.1 Å². The van der Waals surface area contributed by atoms with Crippen molar-refractivity contribution in [3.63, 3.8) is 0 Å². The van der Waals surface area contributed by atoms with E-state index >= 15 is 0 Å². The zero-order valence-corrected chi connectivity index (χ0v) is 12.7. The minimum atomic E-state index is -3.69. The van der Waals surface area contributed by atoms with Crippen molar-refractivity contribution in [1.29, 1.82) is 0 Å². The second kappa shape index (κ2) is 5.66. The summed E-state index contributed by atoms with van der Waals surface area (Å²) in [6.45, 7) is 6.53. The van der Waals surface area contributed by atoms with Gasteiger partial charge in [-0.1, -0.05) is 13.8 Å². The van der Waals surface area contributed by atoms with E-state index in [9.17, 15) is 8.42 Å². The van der Waals surface area contributed by atoms with Crippen LogP contribution in [0.15, 0.2) is 17.3 Å². The van der Waals surface area contributed by atoms with Gasteiger partial charge >= 0.3 is 0 Å². The Labute approximate surface area is 118 Å². The summed E-state index contributed by atoms with van der Waals surface area (Å²) in [5.74, 6) is 0.966. The number of hydrogen-bond acceptors (Lipinski definition) is 4. The molecule has 7 nitrogen and oxygen atoms in total. The van der Waals surface area contributed by atoms with Gasteiger partial charge in [-0.25, -0.2) is 4.98 Å². The molecule has 0 amide bonds. The number of aryl methyl sites for hydroxylation is 3. The molecule has 0 saturated carbocycles. The van der Waals surface area contributed by atoms with Crippen LogP contribution in [0.5, 0.6) is 0 Å². The van der Waals surface area contributed by atoms with Gasteiger partial charge in [-0.3, -0.25) is 9.82 Å². The third kappa shape index (κ3) is 3.01. The summed E-state index contributed by atoms with van der Waals surface area (Å²) < 4.78 is 28.7. The average Bonchev–Trinajstić information content (AvgIpc) is 2.97. The Hall–Kier alpha value is -1.83. The van der Waals surface area contributed by atoms with E-state index in [2.05, 4.69) is 19.9 Å². The van der Waals surface area contributed by atoms with Crippen molar-refractivity contribution < 1.29 is 8.42 Å². The van der Waals surface area contributed by atoms with Crippen LogP contribution in [0.4, 0.5) is 5.82 Å². The van der Waals surface area contributed by atoms with Crippen LogP contribution in [0.1, 0.15) is 31.8 Å². The first kappa shape index (κ1) is 14.6. The van der Waals surface area contributed by atoms with Crippen LogP contribution in [0.2, 0.25) is 0 Å². The molecule has 0 unspecified atom stereocenters. The number of hydrogen-bond donors (Lipinski definition) is 2. The van der Waals surface area contributed by atoms with E-state index in [1.54, 1.807) is 19.2 Å². The summed E-state index contributed by atoms with van der Waals surface area (Å²) in [4.78, 5) is 4.10. The van der Waals surface area contributed by atoms with Crippen LogP contribution in [0, 0.1) is 6.92 Å². The quantitative estimate of drug-likeness (QED) is 0.848. The van der Waals surface area contributed by atoms with Gasteiger partial charge in [-0.2, -0.15) is 13.5 Å². The number of sulfonamides is 1. The predicted molar refractivity (Wildman–Crippen MR) is 76.0 cm³/mol. The maximum Gasteiger partial charge on any atom is 0.282 e. The minimum Gasteiger partial charge on any atom is -0.334 e. The predicted octanol–water partition coefficient (Wildman–Crippen LogP) is 1.69. The lowest BCUT2D eigenvalue weighted by Gasteiger charge is -2.01. The summed E-state index contributed by atoms with van der Waals surface area (Å²) in [5.41, 5.74) is 0.871. The van der Waals surface area contributed by atoms with Crippen LogP contribution in [0.3, 0.4) is 0 Å². The molecule has 0 aliphatic rings. The number of imidazole rings is 1. The van der Waals surface area contributed by atoms with Crippen molar-refractivity contribution in [2.45, 2.75) is 45.2 Å². The zero-order chi connectivity index (χ0) is 14.8. The Kier molecular flexibility index (Phi) is 4.12. The van der Waals surface area contributed by atoms with Crippen molar-refractivity contribution in [1.82, 2.24) is 19.7 Å². The molecule has 0 radical (unpaired) electrons. The highest BCUT2D eigenvalue weighted by atomic mass is 32.2. The number of aromatic amines is 1. The Balaban J connectivity index is 2.23. The van der Waals surface area contributed by atoms with Crippen molar-refractivity contribution in [2.24, 2.45) is 0 Å². The van der Waals surface area contributed by atoms with Crippen molar-refractivity contribution in [3.05, 3.63) is 23.8 Å². The maximum absolute atomic E-state index is 12.2. The first-order chi connectivity index (χ1) is 9.46. The van der Waals surface area contributed by atoms with Gasteiger partial charge in [0.1, 0.15) is 5.82 Å². The van der Waals surface area contributed by atoms with Crippen molar-refractivity contribution in [3.8, 4) is 0 Å². The normalized spacial score (nSPS) is 11.8. The summed E-state index contributed by atoms with van der Waals surface area (Å²) in [5, 5.41) is 6.70. The molecule has 0 atom stereocenters. The Bertz CT molecular complexity index is 687. The highest BCUT2D eigenvalue weighted by Crippen LogP contribution is 2.15. The van der Waals surface area contributed by atoms with Crippen LogP contribution in [0.25, 0.3) is 0 Å². The highest BCUT2D eigenvalue weighted by Gasteiger charge is 2.20. The number of H-pyrrole nitrogens is 1. The van der Waals surface area contributed by atoms with Gasteiger partial charge in [0.15, 0.2) is 10.8 Å². The topological polar surface area (TPSA) is 92.7 Å². The van der Waals surface area contributed by atoms with Gasteiger partial charge in [-0.05, 0) is 19.8 Å². The second-order valence-corrected chi connectivity index (χ2v) is 6.19. The summed E-state index contributed by atoms with van der Waals surface area (Å²) >= 11 is 0. The molecule has 0 saturated heterocycles. The number of nitrogens with zero attached hydrogens (tertiary/aromatic N) is 3. The largest absolute Gasteiger partial charge is 0.334 e. The second-order valence-electron chi connectivity index (χ2n) is 4.56. The number of rotatable bonds is 6. The first-order valence-electron chi connectivity index (χ1n) is 6.57. The molecule has 2 rings (SSSR count). The lowest BCUT2D eigenvalue weighted by Crippen LogP contribution is -2.13. The standard InChI is InChI=1S/C12H19N5O2S/c1-4-6-17-8-12(13-9(17)3)20(18,19)16-11-7-10(5-2)14-15-11/h7-8H,4-6H2,1-3H3,(H2,14,15,16).